The Hall–Kier alpha value is -2.89. The van der Waals surface area contributed by atoms with E-state index in [-0.39, 0.29) is 48.9 Å². The quantitative estimate of drug-likeness (QED) is 0.262. The number of hydrogen-bond donors (Lipinski definition) is 3. The molecular weight excluding hydrogens is 514 g/mol. The number of nitrogens with zero attached hydrogens (tertiary/aromatic N) is 4. The first-order valence-electron chi connectivity index (χ1n) is 12.0. The van der Waals surface area contributed by atoms with Gasteiger partial charge in [-0.05, 0) is 43.9 Å². The Balaban J connectivity index is 1.85. The van der Waals surface area contributed by atoms with E-state index in [0.29, 0.717) is 33.5 Å². The summed E-state index contributed by atoms with van der Waals surface area (Å²) in [4.78, 5) is 22.3. The van der Waals surface area contributed by atoms with Crippen molar-refractivity contribution in [3.05, 3.63) is 57.5 Å². The number of imidazole rings is 1. The first-order valence-corrected chi connectivity index (χ1v) is 13.9. The van der Waals surface area contributed by atoms with Crippen molar-refractivity contribution in [1.82, 2.24) is 19.2 Å². The first-order chi connectivity index (χ1) is 17.1. The number of aliphatic imine (C=N–C) groups is 1. The molecule has 1 aliphatic heterocycles. The van der Waals surface area contributed by atoms with Crippen LogP contribution in [-0.2, 0) is 22.0 Å². The Bertz CT molecular complexity index is 1350. The molecule has 12 heteroatoms. The molecule has 10 nitrogen and oxygen atoms in total. The zero-order valence-electron chi connectivity index (χ0n) is 22.2. The lowest BCUT2D eigenvalue weighted by atomic mass is 9.85. The van der Waals surface area contributed by atoms with E-state index in [0.717, 1.165) is 11.0 Å². The van der Waals surface area contributed by atoms with Crippen LogP contribution in [0.2, 0.25) is 5.02 Å². The van der Waals surface area contributed by atoms with E-state index in [9.17, 15) is 13.2 Å². The van der Waals surface area contributed by atoms with Crippen molar-refractivity contribution in [1.29, 1.82) is 0 Å². The second-order valence-corrected chi connectivity index (χ2v) is 12.8. The normalized spacial score (nSPS) is 15.6. The Morgan fingerprint density at radius 1 is 1.35 bits per heavy atom. The molecule has 2 aromatic rings. The first kappa shape index (κ1) is 28.7. The Labute approximate surface area is 223 Å². The summed E-state index contributed by atoms with van der Waals surface area (Å²) in [6, 6.07) is 3.17. The number of anilines is 1. The van der Waals surface area contributed by atoms with Gasteiger partial charge in [0.2, 0.25) is 10.0 Å². The lowest BCUT2D eigenvalue weighted by Gasteiger charge is -2.37. The standard InChI is InChI=1S/C25H36ClN7O3S/c1-8-37(35,36)32-12-16(13-32)31-24(34)22-15(4)30-21(33(22)14(2)3)11-29-23(28)17-9-18(25(5,6)7)19(26)10-20(17)27/h8-10,14,16H,1,11-13,27H2,2-7H3,(H2,28,29)(H,31,34). The van der Waals surface area contributed by atoms with Crippen LogP contribution in [0.3, 0.4) is 0 Å². The minimum atomic E-state index is -3.49. The van der Waals surface area contributed by atoms with Gasteiger partial charge in [-0.15, -0.1) is 0 Å². The zero-order chi connectivity index (χ0) is 27.9. The number of carbonyl (C=O) groups excluding carboxylic acids is 1. The summed E-state index contributed by atoms with van der Waals surface area (Å²) in [5.74, 6) is 0.507. The maximum atomic E-state index is 13.2. The van der Waals surface area contributed by atoms with Gasteiger partial charge in [-0.25, -0.2) is 13.4 Å². The van der Waals surface area contributed by atoms with E-state index in [1.807, 2.05) is 24.5 Å². The van der Waals surface area contributed by atoms with Crippen LogP contribution in [0.25, 0.3) is 0 Å². The summed E-state index contributed by atoms with van der Waals surface area (Å²) in [5.41, 5.74) is 15.2. The van der Waals surface area contributed by atoms with Crippen molar-refractivity contribution in [2.45, 2.75) is 65.6 Å². The fraction of sp³-hybridized carbons (Fsp3) is 0.480. The van der Waals surface area contributed by atoms with E-state index in [2.05, 4.69) is 42.6 Å². The van der Waals surface area contributed by atoms with Gasteiger partial charge < -0.3 is 21.4 Å². The average molecular weight is 550 g/mol. The number of carbonyl (C=O) groups is 1. The van der Waals surface area contributed by atoms with Gasteiger partial charge in [0.15, 0.2) is 0 Å². The minimum Gasteiger partial charge on any atom is -0.398 e. The zero-order valence-corrected chi connectivity index (χ0v) is 23.7. The fourth-order valence-electron chi connectivity index (χ4n) is 4.27. The number of nitrogen functional groups attached to an aromatic ring is 1. The molecule has 0 radical (unpaired) electrons. The number of sulfonamides is 1. The van der Waals surface area contributed by atoms with Crippen LogP contribution in [0.5, 0.6) is 0 Å². The van der Waals surface area contributed by atoms with E-state index in [1.165, 1.54) is 4.31 Å². The Morgan fingerprint density at radius 2 is 1.97 bits per heavy atom. The highest BCUT2D eigenvalue weighted by molar-refractivity contribution is 7.92. The molecule has 0 spiro atoms. The number of amidine groups is 1. The molecule has 1 fully saturated rings. The smallest absolute Gasteiger partial charge is 0.270 e. The average Bonchev–Trinajstić information content (AvgIpc) is 3.09. The number of hydrogen-bond acceptors (Lipinski definition) is 6. The lowest BCUT2D eigenvalue weighted by molar-refractivity contribution is 0.0884. The molecule has 1 aliphatic rings. The van der Waals surface area contributed by atoms with Gasteiger partial charge in [0.1, 0.15) is 17.4 Å². The highest BCUT2D eigenvalue weighted by Crippen LogP contribution is 2.33. The number of benzene rings is 1. The molecule has 0 unspecified atom stereocenters. The highest BCUT2D eigenvalue weighted by atomic mass is 35.5. The maximum absolute atomic E-state index is 13.2. The van der Waals surface area contributed by atoms with Gasteiger partial charge in [0.25, 0.3) is 5.91 Å². The Kier molecular flexibility index (Phi) is 8.11. The molecule has 1 saturated heterocycles. The largest absolute Gasteiger partial charge is 0.398 e. The monoisotopic (exact) mass is 549 g/mol. The molecule has 0 aliphatic carbocycles. The van der Waals surface area contributed by atoms with E-state index in [1.54, 1.807) is 13.0 Å². The molecule has 5 N–H and O–H groups in total. The molecule has 202 valence electrons. The molecular formula is C25H36ClN7O3S. The van der Waals surface area contributed by atoms with Crippen molar-refractivity contribution < 1.29 is 13.2 Å². The number of aromatic nitrogens is 2. The third kappa shape index (κ3) is 6.00. The van der Waals surface area contributed by atoms with Crippen LogP contribution in [0.1, 0.15) is 73.8 Å². The second-order valence-electron chi connectivity index (χ2n) is 10.5. The maximum Gasteiger partial charge on any atom is 0.270 e. The third-order valence-corrected chi connectivity index (χ3v) is 8.01. The van der Waals surface area contributed by atoms with Crippen molar-refractivity contribution in [2.75, 3.05) is 18.8 Å². The molecule has 2 heterocycles. The number of aryl methyl sites for hydroxylation is 1. The van der Waals surface area contributed by atoms with E-state index >= 15 is 0 Å². The number of nitrogens with two attached hydrogens (primary N) is 2. The van der Waals surface area contributed by atoms with Gasteiger partial charge in [0, 0.05) is 40.8 Å². The highest BCUT2D eigenvalue weighted by Gasteiger charge is 2.36. The minimum absolute atomic E-state index is 0.0829. The summed E-state index contributed by atoms with van der Waals surface area (Å²) < 4.78 is 26.8. The molecule has 1 aromatic heterocycles. The number of amides is 1. The number of halogens is 1. The molecule has 0 saturated carbocycles. The number of nitrogens with one attached hydrogen (secondary N) is 1. The van der Waals surface area contributed by atoms with Gasteiger partial charge in [0.05, 0.1) is 18.3 Å². The summed E-state index contributed by atoms with van der Waals surface area (Å²) in [6.07, 6.45) is 0. The summed E-state index contributed by atoms with van der Waals surface area (Å²) >= 11 is 6.41. The summed E-state index contributed by atoms with van der Waals surface area (Å²) in [7, 11) is -3.49. The Morgan fingerprint density at radius 3 is 2.51 bits per heavy atom. The van der Waals surface area contributed by atoms with Crippen LogP contribution in [-0.4, -0.2) is 53.1 Å². The van der Waals surface area contributed by atoms with Crippen LogP contribution in [0.15, 0.2) is 29.1 Å². The van der Waals surface area contributed by atoms with Crippen molar-refractivity contribution in [3.8, 4) is 0 Å². The molecule has 3 rings (SSSR count). The molecule has 1 aromatic carbocycles. The van der Waals surface area contributed by atoms with Gasteiger partial charge in [-0.3, -0.25) is 9.79 Å². The molecule has 37 heavy (non-hydrogen) atoms. The predicted molar refractivity (Wildman–Crippen MR) is 148 cm³/mol. The SMILES string of the molecule is C=CS(=O)(=O)N1CC(NC(=O)c2c(C)nc(CN=C(N)c3cc(C(C)(C)C)c(Cl)cc3N)n2C(C)C)C1. The lowest BCUT2D eigenvalue weighted by Crippen LogP contribution is -2.60. The van der Waals surface area contributed by atoms with E-state index < -0.39 is 10.0 Å². The topological polar surface area (TPSA) is 149 Å². The van der Waals surface area contributed by atoms with Crippen LogP contribution >= 0.6 is 11.6 Å². The summed E-state index contributed by atoms with van der Waals surface area (Å²) in [5, 5.41) is 4.38. The molecule has 1 amide bonds. The fourth-order valence-corrected chi connectivity index (χ4v) is 5.71. The van der Waals surface area contributed by atoms with Crippen LogP contribution in [0.4, 0.5) is 5.69 Å². The predicted octanol–water partition coefficient (Wildman–Crippen LogP) is 3.10. The second kappa shape index (κ2) is 10.5. The van der Waals surface area contributed by atoms with Crippen molar-refractivity contribution in [3.63, 3.8) is 0 Å². The van der Waals surface area contributed by atoms with Gasteiger partial charge >= 0.3 is 0 Å². The van der Waals surface area contributed by atoms with Gasteiger partial charge in [-0.2, -0.15) is 4.31 Å². The molecule has 0 atom stereocenters. The summed E-state index contributed by atoms with van der Waals surface area (Å²) in [6.45, 7) is 15.7. The van der Waals surface area contributed by atoms with Crippen LogP contribution in [0, 0.1) is 6.92 Å². The third-order valence-electron chi connectivity index (χ3n) is 6.26. The van der Waals surface area contributed by atoms with Crippen LogP contribution < -0.4 is 16.8 Å². The number of rotatable bonds is 8. The van der Waals surface area contributed by atoms with Gasteiger partial charge in [-0.1, -0.05) is 39.0 Å². The molecule has 0 bridgehead atoms. The van der Waals surface area contributed by atoms with Crippen molar-refractivity contribution >= 4 is 39.1 Å². The van der Waals surface area contributed by atoms with E-state index in [4.69, 9.17) is 23.1 Å². The van der Waals surface area contributed by atoms with Crippen molar-refractivity contribution in [2.24, 2.45) is 10.7 Å².